The first-order chi connectivity index (χ1) is 14.9. The largest absolute Gasteiger partial charge is 0.573 e. The second-order valence-corrected chi connectivity index (χ2v) is 7.20. The number of fused-ring (bicyclic) bond motifs is 1. The van der Waals surface area contributed by atoms with Gasteiger partial charge in [-0.15, -0.1) is 13.2 Å². The summed E-state index contributed by atoms with van der Waals surface area (Å²) in [5.41, 5.74) is 3.30. The van der Waals surface area contributed by atoms with E-state index in [0.29, 0.717) is 29.8 Å². The molecule has 1 aliphatic heterocycles. The van der Waals surface area contributed by atoms with Gasteiger partial charge in [-0.2, -0.15) is 0 Å². The Balaban J connectivity index is 1.70. The SMILES string of the molecule is COc1ccc(C(=O)N2CCc3ccccc3C2c2ccc(OC(F)(F)F)cc2)cc1. The Morgan fingerprint density at radius 1 is 0.935 bits per heavy atom. The summed E-state index contributed by atoms with van der Waals surface area (Å²) >= 11 is 0. The van der Waals surface area contributed by atoms with Gasteiger partial charge in [-0.05, 0) is 59.5 Å². The van der Waals surface area contributed by atoms with Crippen LogP contribution in [0.25, 0.3) is 0 Å². The van der Waals surface area contributed by atoms with E-state index < -0.39 is 12.4 Å². The van der Waals surface area contributed by atoms with Crippen molar-refractivity contribution in [3.05, 3.63) is 95.1 Å². The highest BCUT2D eigenvalue weighted by atomic mass is 19.4. The molecular weight excluding hydrogens is 407 g/mol. The normalized spacial score (nSPS) is 15.9. The van der Waals surface area contributed by atoms with Gasteiger partial charge in [0.2, 0.25) is 0 Å². The number of carbonyl (C=O) groups is 1. The van der Waals surface area contributed by atoms with E-state index in [-0.39, 0.29) is 11.7 Å². The Hall–Kier alpha value is -3.48. The predicted molar refractivity (Wildman–Crippen MR) is 109 cm³/mol. The number of nitrogens with zero attached hydrogens (tertiary/aromatic N) is 1. The quantitative estimate of drug-likeness (QED) is 0.561. The zero-order valence-electron chi connectivity index (χ0n) is 16.7. The summed E-state index contributed by atoms with van der Waals surface area (Å²) in [5.74, 6) is 0.198. The van der Waals surface area contributed by atoms with Crippen molar-refractivity contribution in [3.8, 4) is 11.5 Å². The molecule has 31 heavy (non-hydrogen) atoms. The van der Waals surface area contributed by atoms with Crippen LogP contribution in [0, 0.1) is 0 Å². The lowest BCUT2D eigenvalue weighted by Gasteiger charge is -2.38. The maximum absolute atomic E-state index is 13.4. The first-order valence-electron chi connectivity index (χ1n) is 9.74. The van der Waals surface area contributed by atoms with Crippen LogP contribution in [-0.4, -0.2) is 30.8 Å². The summed E-state index contributed by atoms with van der Waals surface area (Å²) < 4.78 is 46.7. The maximum atomic E-state index is 13.4. The number of hydrogen-bond donors (Lipinski definition) is 0. The highest BCUT2D eigenvalue weighted by Crippen LogP contribution is 2.37. The Morgan fingerprint density at radius 2 is 1.58 bits per heavy atom. The minimum atomic E-state index is -4.75. The molecule has 0 aliphatic carbocycles. The number of benzene rings is 3. The fraction of sp³-hybridized carbons (Fsp3) is 0.208. The first kappa shape index (κ1) is 20.8. The van der Waals surface area contributed by atoms with Crippen LogP contribution in [0.2, 0.25) is 0 Å². The van der Waals surface area contributed by atoms with Crippen molar-refractivity contribution in [2.45, 2.75) is 18.8 Å². The smallest absolute Gasteiger partial charge is 0.497 e. The van der Waals surface area contributed by atoms with Crippen LogP contribution in [0.5, 0.6) is 11.5 Å². The van der Waals surface area contributed by atoms with Gasteiger partial charge < -0.3 is 14.4 Å². The molecule has 160 valence electrons. The molecule has 1 amide bonds. The fourth-order valence-electron chi connectivity index (χ4n) is 3.90. The van der Waals surface area contributed by atoms with E-state index in [9.17, 15) is 18.0 Å². The fourth-order valence-corrected chi connectivity index (χ4v) is 3.90. The van der Waals surface area contributed by atoms with Gasteiger partial charge in [-0.3, -0.25) is 4.79 Å². The molecule has 0 spiro atoms. The van der Waals surface area contributed by atoms with Crippen LogP contribution in [0.3, 0.4) is 0 Å². The Labute approximate surface area is 177 Å². The lowest BCUT2D eigenvalue weighted by atomic mass is 9.87. The number of methoxy groups -OCH3 is 1. The zero-order valence-corrected chi connectivity index (χ0v) is 16.7. The second-order valence-electron chi connectivity index (χ2n) is 7.20. The van der Waals surface area contributed by atoms with Crippen LogP contribution in [0.1, 0.15) is 33.1 Å². The number of ether oxygens (including phenoxy) is 2. The summed E-state index contributed by atoms with van der Waals surface area (Å²) in [7, 11) is 1.56. The van der Waals surface area contributed by atoms with Gasteiger partial charge in [0.1, 0.15) is 11.5 Å². The van der Waals surface area contributed by atoms with Gasteiger partial charge in [-0.25, -0.2) is 0 Å². The molecule has 1 atom stereocenters. The van der Waals surface area contributed by atoms with Crippen molar-refractivity contribution in [2.24, 2.45) is 0 Å². The minimum Gasteiger partial charge on any atom is -0.497 e. The van der Waals surface area contributed by atoms with E-state index in [2.05, 4.69) is 4.74 Å². The van der Waals surface area contributed by atoms with E-state index >= 15 is 0 Å². The molecule has 0 N–H and O–H groups in total. The molecule has 0 saturated heterocycles. The van der Waals surface area contributed by atoms with Crippen LogP contribution in [0.4, 0.5) is 13.2 Å². The molecule has 1 heterocycles. The summed E-state index contributed by atoms with van der Waals surface area (Å²) in [4.78, 5) is 15.1. The first-order valence-corrected chi connectivity index (χ1v) is 9.74. The van der Waals surface area contributed by atoms with E-state index in [1.54, 1.807) is 48.4 Å². The Bertz CT molecular complexity index is 1060. The molecule has 0 bridgehead atoms. The number of rotatable bonds is 4. The highest BCUT2D eigenvalue weighted by Gasteiger charge is 2.34. The van der Waals surface area contributed by atoms with E-state index in [1.807, 2.05) is 24.3 Å². The minimum absolute atomic E-state index is 0.155. The van der Waals surface area contributed by atoms with Crippen LogP contribution in [0.15, 0.2) is 72.8 Å². The number of alkyl halides is 3. The van der Waals surface area contributed by atoms with E-state index in [0.717, 1.165) is 11.1 Å². The molecule has 4 nitrogen and oxygen atoms in total. The molecule has 1 unspecified atom stereocenters. The van der Waals surface area contributed by atoms with Crippen molar-refractivity contribution in [2.75, 3.05) is 13.7 Å². The summed E-state index contributed by atoms with van der Waals surface area (Å²) in [5, 5.41) is 0. The average Bonchev–Trinajstić information content (AvgIpc) is 2.77. The zero-order chi connectivity index (χ0) is 22.0. The standard InChI is InChI=1S/C24H20F3NO3/c1-30-19-10-8-18(9-11-19)23(29)28-15-14-16-4-2-3-5-21(16)22(28)17-6-12-20(13-7-17)31-24(25,26)27/h2-13,22H,14-15H2,1H3. The van der Waals surface area contributed by atoms with E-state index in [4.69, 9.17) is 4.74 Å². The van der Waals surface area contributed by atoms with Gasteiger partial charge in [0.25, 0.3) is 5.91 Å². The third-order valence-corrected chi connectivity index (χ3v) is 5.31. The summed E-state index contributed by atoms with van der Waals surface area (Å²) in [6, 6.07) is 19.9. The third kappa shape index (κ3) is 4.50. The maximum Gasteiger partial charge on any atom is 0.573 e. The lowest BCUT2D eigenvalue weighted by molar-refractivity contribution is -0.274. The molecule has 3 aromatic carbocycles. The van der Waals surface area contributed by atoms with Crippen molar-refractivity contribution in [1.82, 2.24) is 4.90 Å². The van der Waals surface area contributed by atoms with Crippen molar-refractivity contribution < 1.29 is 27.4 Å². The predicted octanol–water partition coefficient (Wildman–Crippen LogP) is 5.38. The summed E-state index contributed by atoms with van der Waals surface area (Å²) in [6.07, 6.45) is -4.06. The summed E-state index contributed by atoms with van der Waals surface area (Å²) in [6.45, 7) is 0.493. The lowest BCUT2D eigenvalue weighted by Crippen LogP contribution is -2.40. The van der Waals surface area contributed by atoms with Gasteiger partial charge in [0, 0.05) is 12.1 Å². The number of hydrogen-bond acceptors (Lipinski definition) is 3. The second kappa shape index (κ2) is 8.34. The molecule has 0 aromatic heterocycles. The third-order valence-electron chi connectivity index (χ3n) is 5.31. The van der Waals surface area contributed by atoms with Gasteiger partial charge in [0.05, 0.1) is 13.2 Å². The average molecular weight is 427 g/mol. The van der Waals surface area contributed by atoms with Crippen molar-refractivity contribution >= 4 is 5.91 Å². The topological polar surface area (TPSA) is 38.8 Å². The molecular formula is C24H20F3NO3. The molecule has 7 heteroatoms. The monoisotopic (exact) mass is 427 g/mol. The molecule has 0 radical (unpaired) electrons. The van der Waals surface area contributed by atoms with Crippen LogP contribution in [-0.2, 0) is 6.42 Å². The van der Waals surface area contributed by atoms with E-state index in [1.165, 1.54) is 12.1 Å². The molecule has 4 rings (SSSR count). The number of halogens is 3. The van der Waals surface area contributed by atoms with Crippen molar-refractivity contribution in [1.29, 1.82) is 0 Å². The molecule has 3 aromatic rings. The molecule has 0 fully saturated rings. The number of carbonyl (C=O) groups excluding carboxylic acids is 1. The van der Waals surface area contributed by atoms with Gasteiger partial charge >= 0.3 is 6.36 Å². The van der Waals surface area contributed by atoms with Crippen LogP contribution >= 0.6 is 0 Å². The van der Waals surface area contributed by atoms with Crippen LogP contribution < -0.4 is 9.47 Å². The Kier molecular flexibility index (Phi) is 5.59. The van der Waals surface area contributed by atoms with Gasteiger partial charge in [-0.1, -0.05) is 36.4 Å². The highest BCUT2D eigenvalue weighted by molar-refractivity contribution is 5.95. The molecule has 1 aliphatic rings. The van der Waals surface area contributed by atoms with Gasteiger partial charge in [0.15, 0.2) is 0 Å². The number of amides is 1. The van der Waals surface area contributed by atoms with Crippen molar-refractivity contribution in [3.63, 3.8) is 0 Å². The molecule has 0 saturated carbocycles. The Morgan fingerprint density at radius 3 is 2.23 bits per heavy atom.